The second-order valence-electron chi connectivity index (χ2n) is 4.56. The topological polar surface area (TPSA) is 29.4 Å². The van der Waals surface area contributed by atoms with Gasteiger partial charge in [-0.15, -0.1) is 0 Å². The third-order valence-corrected chi connectivity index (χ3v) is 4.77. The molecule has 1 atom stereocenters. The van der Waals surface area contributed by atoms with Gasteiger partial charge in [0, 0.05) is 12.8 Å². The molecule has 3 heteroatoms. The quantitative estimate of drug-likeness (QED) is 0.554. The predicted molar refractivity (Wildman–Crippen MR) is 58.4 cm³/mol. The van der Waals surface area contributed by atoms with E-state index in [4.69, 9.17) is 0 Å². The van der Waals surface area contributed by atoms with Gasteiger partial charge in [0.05, 0.1) is 15.5 Å². The minimum atomic E-state index is -1.87. The summed E-state index contributed by atoms with van der Waals surface area (Å²) >= 11 is 0. The lowest BCUT2D eigenvalue weighted by Gasteiger charge is -2.27. The summed E-state index contributed by atoms with van der Waals surface area (Å²) in [6, 6.07) is 0. The fraction of sp³-hybridized carbons (Fsp3) is 0.800. The third-order valence-electron chi connectivity index (χ3n) is 2.58. The highest BCUT2D eigenvalue weighted by molar-refractivity contribution is 7.93. The summed E-state index contributed by atoms with van der Waals surface area (Å²) < 4.78 is 15.8. The van der Waals surface area contributed by atoms with Gasteiger partial charge in [0.2, 0.25) is 0 Å². The maximum Gasteiger partial charge on any atom is 0.0504 e. The number of hydrogen-bond acceptors (Lipinski definition) is 2. The molecule has 0 spiro atoms. The molecule has 0 saturated heterocycles. The zero-order valence-corrected chi connectivity index (χ0v) is 9.78. The Hall–Kier alpha value is -0.310. The van der Waals surface area contributed by atoms with Crippen molar-refractivity contribution < 1.29 is 4.21 Å². The fourth-order valence-electron chi connectivity index (χ4n) is 1.53. The van der Waals surface area contributed by atoms with E-state index in [1.807, 2.05) is 0 Å². The summed E-state index contributed by atoms with van der Waals surface area (Å²) in [5, 5.41) is 0. The average molecular weight is 201 g/mol. The first-order chi connectivity index (χ1) is 5.87. The largest absolute Gasteiger partial charge is 0.249 e. The van der Waals surface area contributed by atoms with Crippen molar-refractivity contribution in [2.45, 2.75) is 27.2 Å². The lowest BCUT2D eigenvalue weighted by molar-refractivity contribution is 0.485. The molecule has 1 aliphatic rings. The normalized spacial score (nSPS) is 29.7. The molecular formula is C10H19NOS. The molecule has 0 N–H and O–H groups in total. The summed E-state index contributed by atoms with van der Waals surface area (Å²) in [6.07, 6.45) is 3.07. The molecule has 0 aromatic carbocycles. The molecule has 76 valence electrons. The first-order valence-electron chi connectivity index (χ1n) is 4.67. The van der Waals surface area contributed by atoms with Crippen molar-refractivity contribution in [3.63, 3.8) is 0 Å². The molecule has 1 unspecified atom stereocenters. The molecule has 0 bridgehead atoms. The minimum Gasteiger partial charge on any atom is -0.249 e. The third kappa shape index (κ3) is 2.56. The summed E-state index contributed by atoms with van der Waals surface area (Å²) in [7, 11) is -0.208. The average Bonchev–Trinajstić information content (AvgIpc) is 2.04. The molecule has 2 nitrogen and oxygen atoms in total. The standard InChI is InChI=1S/C10H19NOS/c1-10(2,3)9-5-7-13(12,11-4)8-6-9/h5H,6-8H2,1-4H3. The van der Waals surface area contributed by atoms with Crippen molar-refractivity contribution in [2.24, 2.45) is 9.78 Å². The Morgan fingerprint density at radius 3 is 2.38 bits per heavy atom. The first kappa shape index (κ1) is 10.8. The van der Waals surface area contributed by atoms with E-state index in [9.17, 15) is 4.21 Å². The molecule has 0 aromatic rings. The summed E-state index contributed by atoms with van der Waals surface area (Å²) in [5.74, 6) is 1.39. The second kappa shape index (κ2) is 3.45. The van der Waals surface area contributed by atoms with E-state index in [2.05, 4.69) is 31.2 Å². The first-order valence-corrected chi connectivity index (χ1v) is 6.53. The Morgan fingerprint density at radius 2 is 2.08 bits per heavy atom. The van der Waals surface area contributed by atoms with Gasteiger partial charge in [-0.1, -0.05) is 32.4 Å². The van der Waals surface area contributed by atoms with Gasteiger partial charge in [0.1, 0.15) is 0 Å². The second-order valence-corrected chi connectivity index (χ2v) is 7.21. The molecular weight excluding hydrogens is 182 g/mol. The number of allylic oxidation sites excluding steroid dienone is 1. The minimum absolute atomic E-state index is 0.231. The Labute approximate surface area is 81.6 Å². The van der Waals surface area contributed by atoms with E-state index in [1.54, 1.807) is 7.05 Å². The van der Waals surface area contributed by atoms with Gasteiger partial charge in [0.15, 0.2) is 0 Å². The molecule has 13 heavy (non-hydrogen) atoms. The molecule has 0 fully saturated rings. The lowest BCUT2D eigenvalue weighted by atomic mass is 9.85. The van der Waals surface area contributed by atoms with E-state index in [0.717, 1.165) is 12.2 Å². The molecule has 0 aliphatic carbocycles. The highest BCUT2D eigenvalue weighted by atomic mass is 32.2. The highest BCUT2D eigenvalue weighted by Gasteiger charge is 2.22. The van der Waals surface area contributed by atoms with Gasteiger partial charge in [-0.25, -0.2) is 8.57 Å². The predicted octanol–water partition coefficient (Wildman–Crippen LogP) is 2.46. The van der Waals surface area contributed by atoms with Crippen LogP contribution in [0.1, 0.15) is 27.2 Å². The maximum atomic E-state index is 11.8. The van der Waals surface area contributed by atoms with Crippen LogP contribution in [0.25, 0.3) is 0 Å². The van der Waals surface area contributed by atoms with Crippen LogP contribution in [0, 0.1) is 5.41 Å². The Balaban J connectivity index is 2.87. The van der Waals surface area contributed by atoms with Crippen LogP contribution in [0.3, 0.4) is 0 Å². The Kier molecular flexibility index (Phi) is 2.85. The summed E-state index contributed by atoms with van der Waals surface area (Å²) in [4.78, 5) is 0. The van der Waals surface area contributed by atoms with Crippen LogP contribution in [-0.2, 0) is 9.73 Å². The monoisotopic (exact) mass is 201 g/mol. The zero-order valence-electron chi connectivity index (χ0n) is 8.96. The molecule has 1 heterocycles. The number of nitrogens with zero attached hydrogens (tertiary/aromatic N) is 1. The van der Waals surface area contributed by atoms with Crippen molar-refractivity contribution in [3.05, 3.63) is 11.6 Å². The molecule has 0 aromatic heterocycles. The van der Waals surface area contributed by atoms with Crippen molar-refractivity contribution in [1.29, 1.82) is 0 Å². The van der Waals surface area contributed by atoms with Gasteiger partial charge >= 0.3 is 0 Å². The van der Waals surface area contributed by atoms with Gasteiger partial charge in [-0.2, -0.15) is 0 Å². The SMILES string of the molecule is CN=S1(=O)CC=C(C(C)(C)C)CC1. The summed E-state index contributed by atoms with van der Waals surface area (Å²) in [5.41, 5.74) is 1.66. The van der Waals surface area contributed by atoms with Crippen LogP contribution in [0.15, 0.2) is 16.0 Å². The van der Waals surface area contributed by atoms with Gasteiger partial charge in [0.25, 0.3) is 0 Å². The van der Waals surface area contributed by atoms with Crippen molar-refractivity contribution in [3.8, 4) is 0 Å². The molecule has 1 rings (SSSR count). The van der Waals surface area contributed by atoms with Crippen LogP contribution < -0.4 is 0 Å². The van der Waals surface area contributed by atoms with E-state index in [-0.39, 0.29) is 5.41 Å². The van der Waals surface area contributed by atoms with Crippen molar-refractivity contribution in [1.82, 2.24) is 0 Å². The van der Waals surface area contributed by atoms with Crippen molar-refractivity contribution in [2.75, 3.05) is 18.6 Å². The fourth-order valence-corrected chi connectivity index (χ4v) is 3.03. The molecule has 1 aliphatic heterocycles. The van der Waals surface area contributed by atoms with Crippen LogP contribution in [0.4, 0.5) is 0 Å². The van der Waals surface area contributed by atoms with E-state index < -0.39 is 9.73 Å². The van der Waals surface area contributed by atoms with E-state index in [1.165, 1.54) is 5.57 Å². The van der Waals surface area contributed by atoms with E-state index in [0.29, 0.717) is 5.75 Å². The van der Waals surface area contributed by atoms with Gasteiger partial charge in [-0.05, 0) is 11.8 Å². The molecule has 0 radical (unpaired) electrons. The van der Waals surface area contributed by atoms with Gasteiger partial charge < -0.3 is 0 Å². The zero-order chi connectivity index (χ0) is 10.1. The highest BCUT2D eigenvalue weighted by Crippen LogP contribution is 2.30. The Morgan fingerprint density at radius 1 is 1.46 bits per heavy atom. The van der Waals surface area contributed by atoms with Gasteiger partial charge in [-0.3, -0.25) is 0 Å². The number of rotatable bonds is 0. The van der Waals surface area contributed by atoms with Crippen LogP contribution in [-0.4, -0.2) is 22.8 Å². The van der Waals surface area contributed by atoms with Crippen LogP contribution in [0.5, 0.6) is 0 Å². The summed E-state index contributed by atoms with van der Waals surface area (Å²) in [6.45, 7) is 6.61. The van der Waals surface area contributed by atoms with E-state index >= 15 is 0 Å². The van der Waals surface area contributed by atoms with Crippen LogP contribution in [0.2, 0.25) is 0 Å². The lowest BCUT2D eigenvalue weighted by Crippen LogP contribution is -2.21. The van der Waals surface area contributed by atoms with Crippen LogP contribution >= 0.6 is 0 Å². The smallest absolute Gasteiger partial charge is 0.0504 e. The number of hydrogen-bond donors (Lipinski definition) is 0. The molecule has 0 amide bonds. The maximum absolute atomic E-state index is 11.8. The molecule has 0 saturated carbocycles. The van der Waals surface area contributed by atoms with Crippen molar-refractivity contribution >= 4 is 9.73 Å². The Bertz CT molecular complexity index is 327.